The van der Waals surface area contributed by atoms with Crippen molar-refractivity contribution in [2.75, 3.05) is 7.11 Å². The summed E-state index contributed by atoms with van der Waals surface area (Å²) in [6.07, 6.45) is 3.38. The van der Waals surface area contributed by atoms with E-state index in [1.165, 1.54) is 11.3 Å². The van der Waals surface area contributed by atoms with Gasteiger partial charge in [0.05, 0.1) is 18.1 Å². The second kappa shape index (κ2) is 7.27. The molecule has 0 spiro atoms. The number of ether oxygens (including phenoxy) is 2. The van der Waals surface area contributed by atoms with Crippen LogP contribution in [-0.4, -0.2) is 19.0 Å². The van der Waals surface area contributed by atoms with Crippen LogP contribution in [0, 0.1) is 6.92 Å². The molecule has 2 rings (SSSR count). The van der Waals surface area contributed by atoms with E-state index >= 15 is 0 Å². The fraction of sp³-hybridized carbons (Fsp3) is 0.278. The molecule has 2 aromatic rings. The number of carbonyl (C=O) groups excluding carboxylic acids is 1. The standard InChI is InChI=1S/C18H20O3S/c1-12(2)21-18-14(6-5-7-16(18)20-4)9-10-15(19)17-11-8-13(3)22-17/h5-12H,1-4H3/b10-9+. The minimum absolute atomic E-state index is 0.00332. The van der Waals surface area contributed by atoms with Gasteiger partial charge in [-0.1, -0.05) is 12.1 Å². The quantitative estimate of drug-likeness (QED) is 0.570. The molecule has 0 saturated heterocycles. The van der Waals surface area contributed by atoms with Crippen molar-refractivity contribution in [1.29, 1.82) is 0 Å². The van der Waals surface area contributed by atoms with Gasteiger partial charge in [0.2, 0.25) is 0 Å². The molecule has 1 aromatic heterocycles. The van der Waals surface area contributed by atoms with Gasteiger partial charge in [-0.15, -0.1) is 11.3 Å². The normalized spacial score (nSPS) is 11.1. The van der Waals surface area contributed by atoms with Gasteiger partial charge >= 0.3 is 0 Å². The van der Waals surface area contributed by atoms with E-state index in [9.17, 15) is 4.79 Å². The van der Waals surface area contributed by atoms with Crippen LogP contribution in [0.5, 0.6) is 11.5 Å². The van der Waals surface area contributed by atoms with Crippen LogP contribution >= 0.6 is 11.3 Å². The second-order valence-corrected chi connectivity index (χ2v) is 6.44. The van der Waals surface area contributed by atoms with Crippen LogP contribution in [-0.2, 0) is 0 Å². The van der Waals surface area contributed by atoms with E-state index in [0.29, 0.717) is 11.5 Å². The number of hydrogen-bond acceptors (Lipinski definition) is 4. The smallest absolute Gasteiger partial charge is 0.195 e. The van der Waals surface area contributed by atoms with E-state index < -0.39 is 0 Å². The van der Waals surface area contributed by atoms with Crippen molar-refractivity contribution in [2.45, 2.75) is 26.9 Å². The van der Waals surface area contributed by atoms with Crippen LogP contribution < -0.4 is 9.47 Å². The minimum Gasteiger partial charge on any atom is -0.493 e. The maximum atomic E-state index is 12.2. The molecule has 4 heteroatoms. The molecule has 0 fully saturated rings. The number of methoxy groups -OCH3 is 1. The molecular formula is C18H20O3S. The first-order chi connectivity index (χ1) is 10.5. The zero-order valence-corrected chi connectivity index (χ0v) is 14.1. The van der Waals surface area contributed by atoms with Gasteiger partial charge in [0, 0.05) is 10.4 Å². The maximum absolute atomic E-state index is 12.2. The number of rotatable bonds is 6. The SMILES string of the molecule is COc1cccc(/C=C/C(=O)c2ccc(C)s2)c1OC(C)C. The Morgan fingerprint density at radius 1 is 1.23 bits per heavy atom. The molecule has 0 radical (unpaired) electrons. The number of aryl methyl sites for hydroxylation is 1. The number of allylic oxidation sites excluding steroid dienone is 1. The van der Waals surface area contributed by atoms with Crippen molar-refractivity contribution in [3.63, 3.8) is 0 Å². The van der Waals surface area contributed by atoms with Crippen molar-refractivity contribution in [3.8, 4) is 11.5 Å². The lowest BCUT2D eigenvalue weighted by Gasteiger charge is -2.15. The van der Waals surface area contributed by atoms with Crippen molar-refractivity contribution < 1.29 is 14.3 Å². The summed E-state index contributed by atoms with van der Waals surface area (Å²) in [5, 5.41) is 0. The maximum Gasteiger partial charge on any atom is 0.195 e. The van der Waals surface area contributed by atoms with Crippen LogP contribution in [0.15, 0.2) is 36.4 Å². The lowest BCUT2D eigenvalue weighted by Crippen LogP contribution is -2.08. The van der Waals surface area contributed by atoms with E-state index in [1.807, 2.05) is 51.1 Å². The van der Waals surface area contributed by atoms with Crippen molar-refractivity contribution in [3.05, 3.63) is 51.7 Å². The average molecular weight is 316 g/mol. The molecular weight excluding hydrogens is 296 g/mol. The lowest BCUT2D eigenvalue weighted by molar-refractivity contribution is 0.105. The largest absolute Gasteiger partial charge is 0.493 e. The summed E-state index contributed by atoms with van der Waals surface area (Å²) in [5.41, 5.74) is 0.828. The lowest BCUT2D eigenvalue weighted by atomic mass is 10.1. The number of thiophene rings is 1. The Morgan fingerprint density at radius 3 is 2.59 bits per heavy atom. The van der Waals surface area contributed by atoms with Gasteiger partial charge in [-0.2, -0.15) is 0 Å². The third-order valence-electron chi connectivity index (χ3n) is 2.98. The number of hydrogen-bond donors (Lipinski definition) is 0. The predicted octanol–water partition coefficient (Wildman–Crippen LogP) is 4.75. The summed E-state index contributed by atoms with van der Waals surface area (Å²) in [6, 6.07) is 9.43. The van der Waals surface area contributed by atoms with E-state index in [2.05, 4.69) is 0 Å². The molecule has 116 valence electrons. The Bertz CT molecular complexity index is 683. The van der Waals surface area contributed by atoms with Crippen molar-refractivity contribution >= 4 is 23.2 Å². The molecule has 3 nitrogen and oxygen atoms in total. The summed E-state index contributed by atoms with van der Waals surface area (Å²) in [7, 11) is 1.61. The van der Waals surface area contributed by atoms with Gasteiger partial charge in [-0.25, -0.2) is 0 Å². The van der Waals surface area contributed by atoms with Gasteiger partial charge < -0.3 is 9.47 Å². The van der Waals surface area contributed by atoms with E-state index in [-0.39, 0.29) is 11.9 Å². The van der Waals surface area contributed by atoms with Gasteiger partial charge in [-0.05, 0) is 51.1 Å². The average Bonchev–Trinajstić information content (AvgIpc) is 2.92. The zero-order chi connectivity index (χ0) is 16.1. The molecule has 0 bridgehead atoms. The predicted molar refractivity (Wildman–Crippen MR) is 91.2 cm³/mol. The third kappa shape index (κ3) is 3.98. The molecule has 0 saturated carbocycles. The fourth-order valence-corrected chi connectivity index (χ4v) is 2.79. The minimum atomic E-state index is -0.00332. The van der Waals surface area contributed by atoms with Gasteiger partial charge in [0.25, 0.3) is 0 Å². The Hall–Kier alpha value is -2.07. The van der Waals surface area contributed by atoms with Crippen LogP contribution in [0.4, 0.5) is 0 Å². The molecule has 22 heavy (non-hydrogen) atoms. The number of carbonyl (C=O) groups is 1. The molecule has 0 aliphatic rings. The zero-order valence-electron chi connectivity index (χ0n) is 13.3. The second-order valence-electron chi connectivity index (χ2n) is 5.15. The Labute approximate surface area is 135 Å². The van der Waals surface area contributed by atoms with E-state index in [0.717, 1.165) is 15.3 Å². The molecule has 0 N–H and O–H groups in total. The molecule has 0 aliphatic carbocycles. The first-order valence-corrected chi connectivity index (χ1v) is 7.95. The molecule has 1 heterocycles. The first-order valence-electron chi connectivity index (χ1n) is 7.13. The van der Waals surface area contributed by atoms with E-state index in [4.69, 9.17) is 9.47 Å². The summed E-state index contributed by atoms with van der Waals surface area (Å²) in [4.78, 5) is 14.0. The summed E-state index contributed by atoms with van der Waals surface area (Å²) in [6.45, 7) is 5.90. The number of benzene rings is 1. The van der Waals surface area contributed by atoms with Gasteiger partial charge in [0.15, 0.2) is 17.3 Å². The van der Waals surface area contributed by atoms with Crippen LogP contribution in [0.2, 0.25) is 0 Å². The Kier molecular flexibility index (Phi) is 5.39. The highest BCUT2D eigenvalue weighted by molar-refractivity contribution is 7.14. The topological polar surface area (TPSA) is 35.5 Å². The Balaban J connectivity index is 2.28. The monoisotopic (exact) mass is 316 g/mol. The molecule has 1 aromatic carbocycles. The van der Waals surface area contributed by atoms with Crippen LogP contribution in [0.25, 0.3) is 6.08 Å². The van der Waals surface area contributed by atoms with Gasteiger partial charge in [0.1, 0.15) is 0 Å². The number of ketones is 1. The molecule has 0 amide bonds. The third-order valence-corrected chi connectivity index (χ3v) is 4.00. The number of para-hydroxylation sites is 1. The highest BCUT2D eigenvalue weighted by Crippen LogP contribution is 2.33. The van der Waals surface area contributed by atoms with Gasteiger partial charge in [-0.3, -0.25) is 4.79 Å². The summed E-state index contributed by atoms with van der Waals surface area (Å²) < 4.78 is 11.2. The molecule has 0 aliphatic heterocycles. The summed E-state index contributed by atoms with van der Waals surface area (Å²) in [5.74, 6) is 1.32. The van der Waals surface area contributed by atoms with E-state index in [1.54, 1.807) is 19.3 Å². The highest BCUT2D eigenvalue weighted by atomic mass is 32.1. The molecule has 0 atom stereocenters. The Morgan fingerprint density at radius 2 is 2.00 bits per heavy atom. The van der Waals surface area contributed by atoms with Crippen molar-refractivity contribution in [2.24, 2.45) is 0 Å². The summed E-state index contributed by atoms with van der Waals surface area (Å²) >= 11 is 1.50. The fourth-order valence-electron chi connectivity index (χ4n) is 2.00. The molecule has 0 unspecified atom stereocenters. The first kappa shape index (κ1) is 16.3. The van der Waals surface area contributed by atoms with Crippen LogP contribution in [0.3, 0.4) is 0 Å². The highest BCUT2D eigenvalue weighted by Gasteiger charge is 2.11. The van der Waals surface area contributed by atoms with Crippen molar-refractivity contribution in [1.82, 2.24) is 0 Å². The van der Waals surface area contributed by atoms with Crippen LogP contribution in [0.1, 0.15) is 34.0 Å².